The highest BCUT2D eigenvalue weighted by Crippen LogP contribution is 2.21. The Bertz CT molecular complexity index is 301. The lowest BCUT2D eigenvalue weighted by molar-refractivity contribution is -0.140. The highest BCUT2D eigenvalue weighted by atomic mass is 16.2. The van der Waals surface area contributed by atoms with Crippen LogP contribution in [-0.4, -0.2) is 54.8 Å². The molecule has 1 rings (SSSR count). The number of hydrogen-bond donors (Lipinski definition) is 1. The van der Waals surface area contributed by atoms with Gasteiger partial charge in [0.1, 0.15) is 0 Å². The van der Waals surface area contributed by atoms with Crippen LogP contribution in [-0.2, 0) is 9.59 Å². The first-order valence-corrected chi connectivity index (χ1v) is 7.26. The van der Waals surface area contributed by atoms with E-state index in [9.17, 15) is 9.59 Å². The van der Waals surface area contributed by atoms with E-state index < -0.39 is 0 Å². The first-order valence-electron chi connectivity index (χ1n) is 7.26. The van der Waals surface area contributed by atoms with E-state index >= 15 is 0 Å². The Morgan fingerprint density at radius 1 is 1.11 bits per heavy atom. The van der Waals surface area contributed by atoms with Gasteiger partial charge in [0.2, 0.25) is 11.8 Å². The summed E-state index contributed by atoms with van der Waals surface area (Å²) >= 11 is 0. The molecule has 0 spiro atoms. The minimum absolute atomic E-state index is 0.00385. The van der Waals surface area contributed by atoms with Crippen LogP contribution in [0.25, 0.3) is 0 Å². The van der Waals surface area contributed by atoms with Gasteiger partial charge in [-0.15, -0.1) is 0 Å². The first kappa shape index (κ1) is 16.0. The van der Waals surface area contributed by atoms with Gasteiger partial charge >= 0.3 is 0 Å². The van der Waals surface area contributed by atoms with Gasteiger partial charge in [0.05, 0.1) is 6.54 Å². The molecular formula is C14H27N3O2. The fourth-order valence-corrected chi connectivity index (χ4v) is 2.52. The molecule has 1 aliphatic rings. The lowest BCUT2D eigenvalue weighted by atomic mass is 9.94. The molecule has 2 N–H and O–H groups in total. The van der Waals surface area contributed by atoms with Crippen LogP contribution in [0.5, 0.6) is 0 Å². The van der Waals surface area contributed by atoms with Crippen LogP contribution in [0.2, 0.25) is 0 Å². The standard InChI is InChI=1S/C14H27N3O2/c1-16(13(18)9-6-10-15)11-14(19)17(2)12-7-4-3-5-8-12/h12H,3-11,15H2,1-2H3. The van der Waals surface area contributed by atoms with E-state index in [-0.39, 0.29) is 18.4 Å². The number of amides is 2. The number of likely N-dealkylation sites (N-methyl/N-ethyl adjacent to an activating group) is 2. The molecule has 5 heteroatoms. The van der Waals surface area contributed by atoms with Crippen LogP contribution in [0.1, 0.15) is 44.9 Å². The van der Waals surface area contributed by atoms with E-state index in [1.165, 1.54) is 24.2 Å². The second kappa shape index (κ2) is 8.15. The molecule has 0 atom stereocenters. The molecule has 0 saturated heterocycles. The van der Waals surface area contributed by atoms with Gasteiger partial charge in [-0.3, -0.25) is 9.59 Å². The normalized spacial score (nSPS) is 16.2. The lowest BCUT2D eigenvalue weighted by Crippen LogP contribution is -2.44. The number of carbonyl (C=O) groups excluding carboxylic acids is 2. The van der Waals surface area contributed by atoms with Crippen LogP contribution >= 0.6 is 0 Å². The Hall–Kier alpha value is -1.10. The summed E-state index contributed by atoms with van der Waals surface area (Å²) in [6.07, 6.45) is 6.96. The van der Waals surface area contributed by atoms with E-state index in [0.29, 0.717) is 25.4 Å². The third-order valence-electron chi connectivity index (χ3n) is 3.91. The monoisotopic (exact) mass is 269 g/mol. The van der Waals surface area contributed by atoms with Crippen molar-refractivity contribution in [3.05, 3.63) is 0 Å². The summed E-state index contributed by atoms with van der Waals surface area (Å²) in [7, 11) is 3.54. The lowest BCUT2D eigenvalue weighted by Gasteiger charge is -2.32. The van der Waals surface area contributed by atoms with Gasteiger partial charge in [0.25, 0.3) is 0 Å². The molecule has 1 aliphatic carbocycles. The molecule has 0 aromatic rings. The number of nitrogens with zero attached hydrogens (tertiary/aromatic N) is 2. The zero-order chi connectivity index (χ0) is 14.3. The van der Waals surface area contributed by atoms with Crippen molar-refractivity contribution in [1.29, 1.82) is 0 Å². The van der Waals surface area contributed by atoms with Gasteiger partial charge in [0.15, 0.2) is 0 Å². The topological polar surface area (TPSA) is 66.6 Å². The van der Waals surface area contributed by atoms with Crippen molar-refractivity contribution < 1.29 is 9.59 Å². The highest BCUT2D eigenvalue weighted by Gasteiger charge is 2.23. The Morgan fingerprint density at radius 3 is 2.32 bits per heavy atom. The first-order chi connectivity index (χ1) is 9.06. The average molecular weight is 269 g/mol. The SMILES string of the molecule is CN(CC(=O)N(C)C1CCCCC1)C(=O)CCCN. The molecule has 0 aromatic heterocycles. The molecule has 0 bridgehead atoms. The summed E-state index contributed by atoms with van der Waals surface area (Å²) in [5, 5.41) is 0. The van der Waals surface area contributed by atoms with Crippen LogP contribution < -0.4 is 5.73 Å². The van der Waals surface area contributed by atoms with E-state index in [1.54, 1.807) is 7.05 Å². The summed E-state index contributed by atoms with van der Waals surface area (Å²) in [6.45, 7) is 0.686. The zero-order valence-corrected chi connectivity index (χ0v) is 12.2. The maximum Gasteiger partial charge on any atom is 0.242 e. The van der Waals surface area contributed by atoms with Crippen molar-refractivity contribution in [2.24, 2.45) is 5.73 Å². The third kappa shape index (κ3) is 5.19. The minimum Gasteiger partial charge on any atom is -0.341 e. The van der Waals surface area contributed by atoms with Gasteiger partial charge in [-0.25, -0.2) is 0 Å². The van der Waals surface area contributed by atoms with Gasteiger partial charge < -0.3 is 15.5 Å². The Balaban J connectivity index is 2.37. The summed E-state index contributed by atoms with van der Waals surface area (Å²) in [5.74, 6) is 0.0337. The third-order valence-corrected chi connectivity index (χ3v) is 3.91. The van der Waals surface area contributed by atoms with Crippen molar-refractivity contribution in [1.82, 2.24) is 9.80 Å². The zero-order valence-electron chi connectivity index (χ0n) is 12.2. The summed E-state index contributed by atoms with van der Waals surface area (Å²) < 4.78 is 0. The summed E-state index contributed by atoms with van der Waals surface area (Å²) in [6, 6.07) is 0.355. The number of rotatable bonds is 6. The molecule has 2 amide bonds. The number of hydrogen-bond acceptors (Lipinski definition) is 3. The summed E-state index contributed by atoms with van der Waals surface area (Å²) in [4.78, 5) is 27.2. The highest BCUT2D eigenvalue weighted by molar-refractivity contribution is 5.84. The smallest absolute Gasteiger partial charge is 0.242 e. The van der Waals surface area contributed by atoms with E-state index in [4.69, 9.17) is 5.73 Å². The van der Waals surface area contributed by atoms with Crippen LogP contribution in [0.4, 0.5) is 0 Å². The minimum atomic E-state index is -0.00385. The molecule has 0 aliphatic heterocycles. The van der Waals surface area contributed by atoms with Gasteiger partial charge in [-0.1, -0.05) is 19.3 Å². The van der Waals surface area contributed by atoms with Gasteiger partial charge in [-0.2, -0.15) is 0 Å². The molecule has 19 heavy (non-hydrogen) atoms. The Morgan fingerprint density at radius 2 is 1.74 bits per heavy atom. The quantitative estimate of drug-likeness (QED) is 0.781. The second-order valence-corrected chi connectivity index (χ2v) is 5.44. The van der Waals surface area contributed by atoms with Crippen molar-refractivity contribution in [3.8, 4) is 0 Å². The fraction of sp³-hybridized carbons (Fsp3) is 0.857. The molecule has 110 valence electrons. The van der Waals surface area contributed by atoms with Crippen molar-refractivity contribution in [2.75, 3.05) is 27.2 Å². The van der Waals surface area contributed by atoms with Crippen LogP contribution in [0, 0.1) is 0 Å². The number of carbonyl (C=O) groups is 2. The van der Waals surface area contributed by atoms with Crippen LogP contribution in [0.3, 0.4) is 0 Å². The average Bonchev–Trinajstić information content (AvgIpc) is 2.44. The molecular weight excluding hydrogens is 242 g/mol. The molecule has 1 saturated carbocycles. The molecule has 0 unspecified atom stereocenters. The maximum absolute atomic E-state index is 12.1. The van der Waals surface area contributed by atoms with Crippen LogP contribution in [0.15, 0.2) is 0 Å². The predicted molar refractivity (Wildman–Crippen MR) is 75.6 cm³/mol. The van der Waals surface area contributed by atoms with Gasteiger partial charge in [-0.05, 0) is 25.8 Å². The number of nitrogens with two attached hydrogens (primary N) is 1. The maximum atomic E-state index is 12.1. The van der Waals surface area contributed by atoms with E-state index in [1.807, 2.05) is 11.9 Å². The Labute approximate surface area is 116 Å². The second-order valence-electron chi connectivity index (χ2n) is 5.44. The molecule has 5 nitrogen and oxygen atoms in total. The molecule has 0 radical (unpaired) electrons. The van der Waals surface area contributed by atoms with E-state index in [2.05, 4.69) is 0 Å². The molecule has 0 heterocycles. The van der Waals surface area contributed by atoms with Gasteiger partial charge in [0, 0.05) is 26.6 Å². The molecule has 0 aromatic carbocycles. The van der Waals surface area contributed by atoms with Crippen molar-refractivity contribution >= 4 is 11.8 Å². The predicted octanol–water partition coefficient (Wildman–Crippen LogP) is 0.975. The van der Waals surface area contributed by atoms with Crippen molar-refractivity contribution in [3.63, 3.8) is 0 Å². The largest absolute Gasteiger partial charge is 0.341 e. The summed E-state index contributed by atoms with van der Waals surface area (Å²) in [5.41, 5.74) is 5.38. The Kier molecular flexibility index (Phi) is 6.84. The van der Waals surface area contributed by atoms with E-state index in [0.717, 1.165) is 12.8 Å². The molecule has 1 fully saturated rings. The van der Waals surface area contributed by atoms with Crippen molar-refractivity contribution in [2.45, 2.75) is 51.0 Å². The fourth-order valence-electron chi connectivity index (χ4n) is 2.52.